The molecule has 3 aromatic carbocycles. The van der Waals surface area contributed by atoms with E-state index >= 15 is 0 Å². The molecule has 0 bridgehead atoms. The summed E-state index contributed by atoms with van der Waals surface area (Å²) in [5.74, 6) is 1.52. The van der Waals surface area contributed by atoms with Crippen LogP contribution in [0.4, 0.5) is 0 Å². The van der Waals surface area contributed by atoms with Gasteiger partial charge in [-0.15, -0.1) is 0 Å². The van der Waals surface area contributed by atoms with E-state index in [1.807, 2.05) is 38.1 Å². The Morgan fingerprint density at radius 3 is 1.59 bits per heavy atom. The first-order valence-electron chi connectivity index (χ1n) is 9.30. The molecule has 0 saturated carbocycles. The van der Waals surface area contributed by atoms with Crippen LogP contribution in [0.2, 0.25) is 0 Å². The van der Waals surface area contributed by atoms with E-state index in [0.717, 1.165) is 11.1 Å². The Morgan fingerprint density at radius 2 is 1.17 bits per heavy atom. The van der Waals surface area contributed by atoms with Gasteiger partial charge >= 0.3 is 7.60 Å². The summed E-state index contributed by atoms with van der Waals surface area (Å²) in [5, 5.41) is 10.7. The molecule has 0 radical (unpaired) electrons. The van der Waals surface area contributed by atoms with Crippen LogP contribution in [-0.2, 0) is 4.57 Å². The molecule has 29 heavy (non-hydrogen) atoms. The van der Waals surface area contributed by atoms with Gasteiger partial charge in [0.2, 0.25) is 0 Å². The molecule has 0 unspecified atom stereocenters. The molecule has 6 heteroatoms. The molecule has 3 aromatic rings. The minimum atomic E-state index is -3.72. The molecule has 0 saturated heterocycles. The molecular formula is C23H25O5P. The Hall–Kier alpha value is -2.75. The van der Waals surface area contributed by atoms with Crippen LogP contribution in [0.25, 0.3) is 0 Å². The smallest absolute Gasteiger partial charge is 0.433 e. The molecule has 1 N–H and O–H groups in total. The highest BCUT2D eigenvalue weighted by atomic mass is 31.2. The third kappa shape index (κ3) is 5.86. The van der Waals surface area contributed by atoms with E-state index in [2.05, 4.69) is 0 Å². The number of benzene rings is 3. The Morgan fingerprint density at radius 1 is 0.759 bits per heavy atom. The highest BCUT2D eigenvalue weighted by Crippen LogP contribution is 2.51. The third-order valence-electron chi connectivity index (χ3n) is 4.43. The number of rotatable bonds is 8. The zero-order valence-corrected chi connectivity index (χ0v) is 17.6. The Bertz CT molecular complexity index is 914. The first-order valence-corrected chi connectivity index (χ1v) is 11.0. The number of aryl methyl sites for hydroxylation is 2. The van der Waals surface area contributed by atoms with Crippen LogP contribution in [0.3, 0.4) is 0 Å². The molecule has 3 rings (SSSR count). The fraction of sp³-hybridized carbons (Fsp3) is 0.217. The van der Waals surface area contributed by atoms with Crippen LogP contribution in [0, 0.1) is 13.8 Å². The van der Waals surface area contributed by atoms with Gasteiger partial charge in [0.25, 0.3) is 0 Å². The maximum atomic E-state index is 13.6. The first kappa shape index (κ1) is 21.0. The molecule has 0 spiro atoms. The van der Waals surface area contributed by atoms with Gasteiger partial charge in [0.15, 0.2) is 0 Å². The van der Waals surface area contributed by atoms with Crippen molar-refractivity contribution in [1.82, 2.24) is 0 Å². The van der Waals surface area contributed by atoms with Gasteiger partial charge in [0, 0.05) is 0 Å². The van der Waals surface area contributed by atoms with E-state index in [4.69, 9.17) is 13.8 Å². The summed E-state index contributed by atoms with van der Waals surface area (Å²) in [6, 6.07) is 21.3. The lowest BCUT2D eigenvalue weighted by Gasteiger charge is -2.23. The fourth-order valence-electron chi connectivity index (χ4n) is 2.76. The Labute approximate surface area is 171 Å². The molecule has 0 aliphatic carbocycles. The highest BCUT2D eigenvalue weighted by molar-refractivity contribution is 7.54. The summed E-state index contributed by atoms with van der Waals surface area (Å²) in [6.45, 7) is 3.92. The summed E-state index contributed by atoms with van der Waals surface area (Å²) in [7, 11) is -2.14. The monoisotopic (exact) mass is 412 g/mol. The summed E-state index contributed by atoms with van der Waals surface area (Å²) in [5.41, 5.74) is 2.72. The maximum absolute atomic E-state index is 13.6. The first-order chi connectivity index (χ1) is 13.9. The van der Waals surface area contributed by atoms with Gasteiger partial charge in [-0.2, -0.15) is 0 Å². The molecule has 0 aliphatic heterocycles. The predicted molar refractivity (Wildman–Crippen MR) is 114 cm³/mol. The van der Waals surface area contributed by atoms with Crippen LogP contribution in [-0.4, -0.2) is 18.4 Å². The molecule has 0 heterocycles. The normalized spacial score (nSPS) is 12.3. The molecule has 5 nitrogen and oxygen atoms in total. The number of aliphatic hydroxyl groups excluding tert-OH is 1. The highest BCUT2D eigenvalue weighted by Gasteiger charge is 2.32. The summed E-state index contributed by atoms with van der Waals surface area (Å²) in [4.78, 5) is 0. The van der Waals surface area contributed by atoms with Crippen molar-refractivity contribution >= 4 is 7.60 Å². The van der Waals surface area contributed by atoms with Crippen LogP contribution in [0.15, 0.2) is 72.8 Å². The zero-order valence-electron chi connectivity index (χ0n) is 16.7. The van der Waals surface area contributed by atoms with E-state index in [9.17, 15) is 9.67 Å². The van der Waals surface area contributed by atoms with Crippen molar-refractivity contribution in [3.05, 3.63) is 89.5 Å². The van der Waals surface area contributed by atoms with Crippen LogP contribution in [0.1, 0.15) is 22.8 Å². The summed E-state index contributed by atoms with van der Waals surface area (Å²) < 4.78 is 30.3. The molecular weight excluding hydrogens is 387 g/mol. The topological polar surface area (TPSA) is 65.0 Å². The molecule has 0 fully saturated rings. The lowest BCUT2D eigenvalue weighted by molar-refractivity contribution is 0.194. The van der Waals surface area contributed by atoms with Gasteiger partial charge in [0.05, 0.1) is 13.2 Å². The molecule has 0 aliphatic rings. The van der Waals surface area contributed by atoms with Crippen molar-refractivity contribution in [2.75, 3.05) is 13.3 Å². The van der Waals surface area contributed by atoms with Gasteiger partial charge in [-0.3, -0.25) is 0 Å². The van der Waals surface area contributed by atoms with Gasteiger partial charge in [-0.1, -0.05) is 47.5 Å². The molecule has 0 amide bonds. The van der Waals surface area contributed by atoms with E-state index in [-0.39, 0.29) is 6.16 Å². The molecule has 152 valence electrons. The standard InChI is InChI=1S/C23H25O5P/c1-17-4-10-21(11-5-17)27-29(25,28-22-12-6-18(2)7-13-22)16-23(24)19-8-14-20(26-3)15-9-19/h4-15,23-24H,16H2,1-3H3/t23-/m1/s1. The maximum Gasteiger partial charge on any atom is 0.433 e. The van der Waals surface area contributed by atoms with Gasteiger partial charge in [0.1, 0.15) is 23.4 Å². The van der Waals surface area contributed by atoms with E-state index in [0.29, 0.717) is 22.8 Å². The minimum Gasteiger partial charge on any atom is -0.497 e. The number of aliphatic hydroxyl groups is 1. The predicted octanol–water partition coefficient (Wildman–Crippen LogP) is 5.70. The van der Waals surface area contributed by atoms with Gasteiger partial charge in [-0.05, 0) is 55.8 Å². The van der Waals surface area contributed by atoms with Crippen molar-refractivity contribution < 1.29 is 23.5 Å². The van der Waals surface area contributed by atoms with Crippen molar-refractivity contribution in [3.8, 4) is 17.2 Å². The SMILES string of the molecule is COc1ccc([C@H](O)CP(=O)(Oc2ccc(C)cc2)Oc2ccc(C)cc2)cc1. The van der Waals surface area contributed by atoms with Crippen LogP contribution >= 0.6 is 7.60 Å². The second kappa shape index (κ2) is 9.17. The quantitative estimate of drug-likeness (QED) is 0.481. The van der Waals surface area contributed by atoms with Gasteiger partial charge in [-0.25, -0.2) is 4.57 Å². The van der Waals surface area contributed by atoms with Crippen molar-refractivity contribution in [2.45, 2.75) is 20.0 Å². The van der Waals surface area contributed by atoms with E-state index in [1.165, 1.54) is 0 Å². The number of methoxy groups -OCH3 is 1. The molecule has 1 atom stereocenters. The minimum absolute atomic E-state index is 0.193. The third-order valence-corrected chi connectivity index (χ3v) is 6.20. The van der Waals surface area contributed by atoms with E-state index < -0.39 is 13.7 Å². The van der Waals surface area contributed by atoms with Crippen molar-refractivity contribution in [3.63, 3.8) is 0 Å². The summed E-state index contributed by atoms with van der Waals surface area (Å²) in [6.07, 6.45) is -1.22. The Kier molecular flexibility index (Phi) is 6.63. The average Bonchev–Trinajstić information content (AvgIpc) is 2.71. The number of hydrogen-bond acceptors (Lipinski definition) is 5. The van der Waals surface area contributed by atoms with Gasteiger partial charge < -0.3 is 18.9 Å². The van der Waals surface area contributed by atoms with Crippen molar-refractivity contribution in [2.24, 2.45) is 0 Å². The lowest BCUT2D eigenvalue weighted by Crippen LogP contribution is -2.12. The van der Waals surface area contributed by atoms with Crippen LogP contribution < -0.4 is 13.8 Å². The largest absolute Gasteiger partial charge is 0.497 e. The van der Waals surface area contributed by atoms with Crippen molar-refractivity contribution in [1.29, 1.82) is 0 Å². The second-order valence-electron chi connectivity index (χ2n) is 6.89. The number of hydrogen-bond donors (Lipinski definition) is 1. The average molecular weight is 412 g/mol. The van der Waals surface area contributed by atoms with Crippen LogP contribution in [0.5, 0.6) is 17.2 Å². The zero-order chi connectivity index (χ0) is 20.9. The number of ether oxygens (including phenoxy) is 1. The molecule has 0 aromatic heterocycles. The lowest BCUT2D eigenvalue weighted by atomic mass is 10.1. The van der Waals surface area contributed by atoms with E-state index in [1.54, 1.807) is 55.6 Å². The summed E-state index contributed by atoms with van der Waals surface area (Å²) >= 11 is 0. The second-order valence-corrected chi connectivity index (χ2v) is 8.84. The fourth-order valence-corrected chi connectivity index (χ4v) is 4.46. The Balaban J connectivity index is 1.84.